The van der Waals surface area contributed by atoms with Gasteiger partial charge in [-0.1, -0.05) is 29.8 Å². The molecular formula is C16H13ClFNO3S2. The first-order chi connectivity index (χ1) is 11.4. The minimum Gasteiger partial charge on any atom is -0.387 e. The van der Waals surface area contributed by atoms with E-state index in [0.717, 1.165) is 28.3 Å². The average Bonchev–Trinajstić information content (AvgIpc) is 2.99. The van der Waals surface area contributed by atoms with Gasteiger partial charge in [-0.25, -0.2) is 17.5 Å². The lowest BCUT2D eigenvalue weighted by Gasteiger charge is -2.12. The number of sulfonamides is 1. The molecule has 4 nitrogen and oxygen atoms in total. The Balaban J connectivity index is 1.77. The van der Waals surface area contributed by atoms with Crippen LogP contribution in [0.15, 0.2) is 52.7 Å². The van der Waals surface area contributed by atoms with Gasteiger partial charge in [0.2, 0.25) is 10.0 Å². The zero-order valence-electron chi connectivity index (χ0n) is 12.2. The summed E-state index contributed by atoms with van der Waals surface area (Å²) in [5.74, 6) is -0.694. The van der Waals surface area contributed by atoms with E-state index in [1.807, 2.05) is 24.3 Å². The Morgan fingerprint density at radius 1 is 1.25 bits per heavy atom. The van der Waals surface area contributed by atoms with E-state index in [1.54, 1.807) is 5.38 Å². The number of benzene rings is 2. The number of hydrogen-bond acceptors (Lipinski definition) is 4. The van der Waals surface area contributed by atoms with E-state index >= 15 is 0 Å². The average molecular weight is 386 g/mol. The van der Waals surface area contributed by atoms with Gasteiger partial charge in [-0.15, -0.1) is 11.3 Å². The van der Waals surface area contributed by atoms with Gasteiger partial charge in [0, 0.05) is 16.8 Å². The van der Waals surface area contributed by atoms with Crippen molar-refractivity contribution in [3.8, 4) is 0 Å². The third-order valence-corrected chi connectivity index (χ3v) is 6.23. The lowest BCUT2D eigenvalue weighted by molar-refractivity contribution is 0.184. The maximum Gasteiger partial charge on any atom is 0.240 e. The Morgan fingerprint density at radius 3 is 2.75 bits per heavy atom. The van der Waals surface area contributed by atoms with Gasteiger partial charge in [-0.2, -0.15) is 0 Å². The largest absolute Gasteiger partial charge is 0.387 e. The van der Waals surface area contributed by atoms with Crippen molar-refractivity contribution in [2.45, 2.75) is 11.0 Å². The number of hydrogen-bond donors (Lipinski definition) is 2. The van der Waals surface area contributed by atoms with Gasteiger partial charge in [0.1, 0.15) is 5.82 Å². The molecule has 0 spiro atoms. The Hall–Kier alpha value is -1.51. The maximum absolute atomic E-state index is 13.1. The summed E-state index contributed by atoms with van der Waals surface area (Å²) in [6.07, 6.45) is -0.994. The molecule has 0 aliphatic carbocycles. The minimum absolute atomic E-state index is 0.156. The molecule has 3 rings (SSSR count). The van der Waals surface area contributed by atoms with Crippen LogP contribution in [0, 0.1) is 5.82 Å². The molecule has 0 unspecified atom stereocenters. The van der Waals surface area contributed by atoms with E-state index < -0.39 is 21.9 Å². The van der Waals surface area contributed by atoms with E-state index in [2.05, 4.69) is 4.72 Å². The van der Waals surface area contributed by atoms with Gasteiger partial charge in [-0.3, -0.25) is 0 Å². The zero-order chi connectivity index (χ0) is 17.3. The van der Waals surface area contributed by atoms with Crippen molar-refractivity contribution in [2.75, 3.05) is 6.54 Å². The fourth-order valence-corrected chi connectivity index (χ4v) is 4.60. The Bertz CT molecular complexity index is 988. The summed E-state index contributed by atoms with van der Waals surface area (Å²) in [4.78, 5) is -0.156. The van der Waals surface area contributed by atoms with Crippen LogP contribution in [-0.4, -0.2) is 20.1 Å². The summed E-state index contributed by atoms with van der Waals surface area (Å²) < 4.78 is 40.9. The van der Waals surface area contributed by atoms with E-state index in [9.17, 15) is 17.9 Å². The molecule has 0 saturated heterocycles. The van der Waals surface area contributed by atoms with Crippen molar-refractivity contribution in [3.63, 3.8) is 0 Å². The van der Waals surface area contributed by atoms with Crippen molar-refractivity contribution < 1.29 is 17.9 Å². The molecule has 0 aliphatic heterocycles. The SMILES string of the molecule is O=S(=O)(NC[C@@H](O)c1csc2ccccc12)c1ccc(F)c(Cl)c1. The first-order valence-electron chi connectivity index (χ1n) is 6.97. The zero-order valence-corrected chi connectivity index (χ0v) is 14.6. The Labute approximate surface area is 147 Å². The van der Waals surface area contributed by atoms with Crippen LogP contribution in [0.5, 0.6) is 0 Å². The quantitative estimate of drug-likeness (QED) is 0.703. The molecule has 0 aliphatic rings. The summed E-state index contributed by atoms with van der Waals surface area (Å²) in [5, 5.41) is 12.7. The molecule has 0 radical (unpaired) electrons. The molecule has 0 amide bonds. The maximum atomic E-state index is 13.1. The van der Waals surface area contributed by atoms with Crippen molar-refractivity contribution in [1.29, 1.82) is 0 Å². The summed E-state index contributed by atoms with van der Waals surface area (Å²) >= 11 is 7.09. The van der Waals surface area contributed by atoms with Crippen LogP contribution in [0.25, 0.3) is 10.1 Å². The molecule has 1 heterocycles. The molecule has 126 valence electrons. The van der Waals surface area contributed by atoms with Crippen LogP contribution >= 0.6 is 22.9 Å². The normalized spacial score (nSPS) is 13.3. The molecule has 8 heteroatoms. The molecule has 0 saturated carbocycles. The standard InChI is InChI=1S/C16H13ClFNO3S2/c17-13-7-10(5-6-14(13)18)24(21,22)19-8-15(20)12-9-23-16-4-2-1-3-11(12)16/h1-7,9,15,19-20H,8H2/t15-/m1/s1. The summed E-state index contributed by atoms with van der Waals surface area (Å²) in [7, 11) is -3.90. The molecule has 3 aromatic rings. The molecule has 1 atom stereocenters. The summed E-state index contributed by atoms with van der Waals surface area (Å²) in [6.45, 7) is -0.196. The van der Waals surface area contributed by atoms with Gasteiger partial charge in [0.15, 0.2) is 0 Å². The number of aliphatic hydroxyl groups excluding tert-OH is 1. The first-order valence-corrected chi connectivity index (χ1v) is 9.71. The van der Waals surface area contributed by atoms with Crippen LogP contribution in [0.3, 0.4) is 0 Å². The third kappa shape index (κ3) is 3.45. The monoisotopic (exact) mass is 385 g/mol. The highest BCUT2D eigenvalue weighted by atomic mass is 35.5. The molecule has 2 aromatic carbocycles. The second-order valence-corrected chi connectivity index (χ2v) is 8.22. The number of aliphatic hydroxyl groups is 1. The molecule has 0 fully saturated rings. The van der Waals surface area contributed by atoms with E-state index in [-0.39, 0.29) is 16.5 Å². The van der Waals surface area contributed by atoms with Crippen LogP contribution in [0.4, 0.5) is 4.39 Å². The number of thiophene rings is 1. The van der Waals surface area contributed by atoms with Crippen molar-refractivity contribution in [2.24, 2.45) is 0 Å². The van der Waals surface area contributed by atoms with Gasteiger partial charge >= 0.3 is 0 Å². The highest BCUT2D eigenvalue weighted by molar-refractivity contribution is 7.89. The topological polar surface area (TPSA) is 66.4 Å². The number of nitrogens with one attached hydrogen (secondary N) is 1. The lowest BCUT2D eigenvalue weighted by atomic mass is 10.1. The Morgan fingerprint density at radius 2 is 2.00 bits per heavy atom. The fourth-order valence-electron chi connectivity index (χ4n) is 2.28. The van der Waals surface area contributed by atoms with Crippen LogP contribution in [0.2, 0.25) is 5.02 Å². The van der Waals surface area contributed by atoms with Gasteiger partial charge in [0.05, 0.1) is 16.0 Å². The van der Waals surface area contributed by atoms with E-state index in [1.165, 1.54) is 11.3 Å². The lowest BCUT2D eigenvalue weighted by Crippen LogP contribution is -2.28. The summed E-state index contributed by atoms with van der Waals surface area (Å²) in [5.41, 5.74) is 0.662. The summed E-state index contributed by atoms with van der Waals surface area (Å²) in [6, 6.07) is 10.7. The second kappa shape index (κ2) is 6.78. The minimum atomic E-state index is -3.90. The highest BCUT2D eigenvalue weighted by Crippen LogP contribution is 2.30. The third-order valence-electron chi connectivity index (χ3n) is 3.54. The predicted molar refractivity (Wildman–Crippen MR) is 93.4 cm³/mol. The molecule has 24 heavy (non-hydrogen) atoms. The molecule has 0 bridgehead atoms. The van der Waals surface area contributed by atoms with Crippen molar-refractivity contribution in [3.05, 3.63) is 64.2 Å². The Kier molecular flexibility index (Phi) is 4.89. The van der Waals surface area contributed by atoms with Crippen LogP contribution in [0.1, 0.15) is 11.7 Å². The van der Waals surface area contributed by atoms with Gasteiger partial charge in [-0.05, 0) is 35.0 Å². The number of fused-ring (bicyclic) bond motifs is 1. The molecule has 2 N–H and O–H groups in total. The molecular weight excluding hydrogens is 373 g/mol. The van der Waals surface area contributed by atoms with E-state index in [0.29, 0.717) is 5.56 Å². The fraction of sp³-hybridized carbons (Fsp3) is 0.125. The van der Waals surface area contributed by atoms with Crippen LogP contribution in [-0.2, 0) is 10.0 Å². The predicted octanol–water partition coefficient (Wildman–Crippen LogP) is 3.71. The smallest absolute Gasteiger partial charge is 0.240 e. The van der Waals surface area contributed by atoms with E-state index in [4.69, 9.17) is 11.6 Å². The van der Waals surface area contributed by atoms with Gasteiger partial charge in [0.25, 0.3) is 0 Å². The van der Waals surface area contributed by atoms with Gasteiger partial charge < -0.3 is 5.11 Å². The number of halogens is 2. The highest BCUT2D eigenvalue weighted by Gasteiger charge is 2.19. The van der Waals surface area contributed by atoms with Crippen LogP contribution < -0.4 is 4.72 Å². The number of rotatable bonds is 5. The van der Waals surface area contributed by atoms with Crippen molar-refractivity contribution in [1.82, 2.24) is 4.72 Å². The first kappa shape index (κ1) is 17.3. The molecule has 1 aromatic heterocycles. The second-order valence-electron chi connectivity index (χ2n) is 5.13. The van der Waals surface area contributed by atoms with Crippen molar-refractivity contribution >= 4 is 43.0 Å².